The number of nitrogens with one attached hydrogen (secondary N) is 1. The highest BCUT2D eigenvalue weighted by Gasteiger charge is 2.24. The van der Waals surface area contributed by atoms with Crippen LogP contribution < -0.4 is 4.72 Å². The van der Waals surface area contributed by atoms with Gasteiger partial charge in [0, 0.05) is 22.3 Å². The van der Waals surface area contributed by atoms with Crippen LogP contribution in [0.2, 0.25) is 5.15 Å². The second-order valence-corrected chi connectivity index (χ2v) is 7.61. The molecule has 114 valence electrons. The van der Waals surface area contributed by atoms with Crippen molar-refractivity contribution in [2.24, 2.45) is 0 Å². The maximum Gasteiger partial charge on any atom is 0.244 e. The standard InChI is InChI=1S/C13H14BrClN2O3S/c1-7-4-11(9(3)20-7)8(2)17-21(18,19)12-5-10(14)6-16-13(12)15/h4-6,8,17H,1-3H3. The minimum atomic E-state index is -3.78. The van der Waals surface area contributed by atoms with Gasteiger partial charge in [0.25, 0.3) is 0 Å². The summed E-state index contributed by atoms with van der Waals surface area (Å²) in [6.45, 7) is 5.35. The van der Waals surface area contributed by atoms with E-state index >= 15 is 0 Å². The number of sulfonamides is 1. The van der Waals surface area contributed by atoms with Crippen molar-refractivity contribution in [1.82, 2.24) is 9.71 Å². The van der Waals surface area contributed by atoms with Gasteiger partial charge in [-0.15, -0.1) is 0 Å². The average molecular weight is 394 g/mol. The molecule has 0 aromatic carbocycles. The molecule has 2 aromatic heterocycles. The second-order valence-electron chi connectivity index (χ2n) is 4.65. The van der Waals surface area contributed by atoms with E-state index < -0.39 is 16.1 Å². The molecule has 2 heterocycles. The van der Waals surface area contributed by atoms with Crippen LogP contribution in [-0.2, 0) is 10.0 Å². The Morgan fingerprint density at radius 1 is 1.38 bits per heavy atom. The smallest absolute Gasteiger partial charge is 0.244 e. The fourth-order valence-electron chi connectivity index (χ4n) is 2.03. The minimum Gasteiger partial charge on any atom is -0.466 e. The van der Waals surface area contributed by atoms with E-state index in [0.717, 1.165) is 11.3 Å². The lowest BCUT2D eigenvalue weighted by atomic mass is 10.1. The molecule has 1 atom stereocenters. The van der Waals surface area contributed by atoms with Crippen molar-refractivity contribution in [3.8, 4) is 0 Å². The number of aromatic nitrogens is 1. The van der Waals surface area contributed by atoms with E-state index in [-0.39, 0.29) is 10.0 Å². The first-order valence-corrected chi connectivity index (χ1v) is 8.76. The Hall–Kier alpha value is -0.890. The van der Waals surface area contributed by atoms with Gasteiger partial charge < -0.3 is 4.42 Å². The molecule has 0 aliphatic rings. The molecule has 0 saturated carbocycles. The predicted molar refractivity (Wildman–Crippen MR) is 83.9 cm³/mol. The zero-order valence-electron chi connectivity index (χ0n) is 11.6. The summed E-state index contributed by atoms with van der Waals surface area (Å²) in [5.74, 6) is 1.41. The topological polar surface area (TPSA) is 72.2 Å². The van der Waals surface area contributed by atoms with Gasteiger partial charge in [-0.25, -0.2) is 18.1 Å². The van der Waals surface area contributed by atoms with E-state index in [4.69, 9.17) is 16.0 Å². The molecular weight excluding hydrogens is 380 g/mol. The summed E-state index contributed by atoms with van der Waals surface area (Å²) in [5.41, 5.74) is 0.787. The van der Waals surface area contributed by atoms with Crippen LogP contribution in [-0.4, -0.2) is 13.4 Å². The number of hydrogen-bond donors (Lipinski definition) is 1. The van der Waals surface area contributed by atoms with Crippen molar-refractivity contribution in [2.75, 3.05) is 0 Å². The van der Waals surface area contributed by atoms with Crippen LogP contribution in [0.5, 0.6) is 0 Å². The summed E-state index contributed by atoms with van der Waals surface area (Å²) in [4.78, 5) is 3.76. The molecule has 0 aliphatic carbocycles. The number of halogens is 2. The molecule has 0 aliphatic heterocycles. The maximum atomic E-state index is 12.4. The van der Waals surface area contributed by atoms with Gasteiger partial charge in [0.05, 0.1) is 0 Å². The Balaban J connectivity index is 2.33. The zero-order valence-corrected chi connectivity index (χ0v) is 14.8. The van der Waals surface area contributed by atoms with E-state index in [1.807, 2.05) is 13.0 Å². The number of pyridine rings is 1. The Kier molecular flexibility index (Phi) is 4.77. The van der Waals surface area contributed by atoms with Crippen LogP contribution in [0.4, 0.5) is 0 Å². The first kappa shape index (κ1) is 16.5. The normalized spacial score (nSPS) is 13.4. The lowest BCUT2D eigenvalue weighted by molar-refractivity contribution is 0.496. The van der Waals surface area contributed by atoms with Crippen molar-refractivity contribution in [3.05, 3.63) is 45.0 Å². The van der Waals surface area contributed by atoms with E-state index in [1.165, 1.54) is 12.3 Å². The Bertz CT molecular complexity index is 774. The summed E-state index contributed by atoms with van der Waals surface area (Å²) in [6, 6.07) is 2.78. The van der Waals surface area contributed by atoms with Crippen molar-refractivity contribution in [3.63, 3.8) is 0 Å². The number of aryl methyl sites for hydroxylation is 2. The third-order valence-electron chi connectivity index (χ3n) is 2.94. The van der Waals surface area contributed by atoms with Crippen LogP contribution >= 0.6 is 27.5 Å². The van der Waals surface area contributed by atoms with Gasteiger partial charge in [0.1, 0.15) is 21.6 Å². The van der Waals surface area contributed by atoms with Crippen LogP contribution in [0.3, 0.4) is 0 Å². The largest absolute Gasteiger partial charge is 0.466 e. The quantitative estimate of drug-likeness (QED) is 0.803. The molecule has 8 heteroatoms. The van der Waals surface area contributed by atoms with Gasteiger partial charge in [-0.3, -0.25) is 0 Å². The number of hydrogen-bond acceptors (Lipinski definition) is 4. The monoisotopic (exact) mass is 392 g/mol. The van der Waals surface area contributed by atoms with Crippen molar-refractivity contribution < 1.29 is 12.8 Å². The minimum absolute atomic E-state index is 0.0664. The summed E-state index contributed by atoms with van der Waals surface area (Å²) in [7, 11) is -3.78. The Morgan fingerprint density at radius 2 is 2.05 bits per heavy atom. The van der Waals surface area contributed by atoms with E-state index in [0.29, 0.717) is 10.2 Å². The molecule has 2 aromatic rings. The summed E-state index contributed by atoms with van der Waals surface area (Å²) in [5, 5.41) is -0.0713. The maximum absolute atomic E-state index is 12.4. The molecule has 0 spiro atoms. The molecule has 1 unspecified atom stereocenters. The molecule has 0 amide bonds. The van der Waals surface area contributed by atoms with E-state index in [2.05, 4.69) is 25.6 Å². The van der Waals surface area contributed by atoms with Gasteiger partial charge >= 0.3 is 0 Å². The van der Waals surface area contributed by atoms with Crippen molar-refractivity contribution in [1.29, 1.82) is 0 Å². The van der Waals surface area contributed by atoms with Gasteiger partial charge in [-0.2, -0.15) is 0 Å². The van der Waals surface area contributed by atoms with Gasteiger partial charge in [0.15, 0.2) is 0 Å². The first-order valence-electron chi connectivity index (χ1n) is 6.11. The summed E-state index contributed by atoms with van der Waals surface area (Å²) >= 11 is 9.06. The lowest BCUT2D eigenvalue weighted by Gasteiger charge is -2.14. The Morgan fingerprint density at radius 3 is 2.62 bits per heavy atom. The number of rotatable bonds is 4. The third kappa shape index (κ3) is 3.66. The second kappa shape index (κ2) is 6.08. The lowest BCUT2D eigenvalue weighted by Crippen LogP contribution is -2.27. The third-order valence-corrected chi connectivity index (χ3v) is 5.34. The van der Waals surface area contributed by atoms with E-state index in [1.54, 1.807) is 13.8 Å². The van der Waals surface area contributed by atoms with Crippen molar-refractivity contribution in [2.45, 2.75) is 31.7 Å². The summed E-state index contributed by atoms with van der Waals surface area (Å²) in [6.07, 6.45) is 1.44. The van der Waals surface area contributed by atoms with Crippen molar-refractivity contribution >= 4 is 37.6 Å². The van der Waals surface area contributed by atoms with Crippen LogP contribution in [0.1, 0.15) is 30.0 Å². The Labute approximate surface area is 136 Å². The van der Waals surface area contributed by atoms with Crippen LogP contribution in [0, 0.1) is 13.8 Å². The molecule has 5 nitrogen and oxygen atoms in total. The fourth-order valence-corrected chi connectivity index (χ4v) is 4.20. The molecule has 2 rings (SSSR count). The molecular formula is C13H14BrClN2O3S. The number of nitrogens with zero attached hydrogens (tertiary/aromatic N) is 1. The average Bonchev–Trinajstić information content (AvgIpc) is 2.71. The van der Waals surface area contributed by atoms with Crippen LogP contribution in [0.25, 0.3) is 0 Å². The molecule has 0 saturated heterocycles. The first-order chi connectivity index (χ1) is 9.70. The molecule has 0 radical (unpaired) electrons. The van der Waals surface area contributed by atoms with Gasteiger partial charge in [-0.1, -0.05) is 11.6 Å². The fraction of sp³-hybridized carbons (Fsp3) is 0.308. The van der Waals surface area contributed by atoms with Gasteiger partial charge in [-0.05, 0) is 48.8 Å². The molecule has 1 N–H and O–H groups in total. The number of furan rings is 1. The zero-order chi connectivity index (χ0) is 15.8. The van der Waals surface area contributed by atoms with Crippen LogP contribution in [0.15, 0.2) is 32.1 Å². The highest BCUT2D eigenvalue weighted by atomic mass is 79.9. The SMILES string of the molecule is Cc1cc(C(C)NS(=O)(=O)c2cc(Br)cnc2Cl)c(C)o1. The highest BCUT2D eigenvalue weighted by Crippen LogP contribution is 2.26. The predicted octanol–water partition coefficient (Wildman–Crippen LogP) is 3.75. The molecule has 21 heavy (non-hydrogen) atoms. The van der Waals surface area contributed by atoms with Gasteiger partial charge in [0.2, 0.25) is 10.0 Å². The van der Waals surface area contributed by atoms with E-state index in [9.17, 15) is 8.42 Å². The highest BCUT2D eigenvalue weighted by molar-refractivity contribution is 9.10. The molecule has 0 bridgehead atoms. The molecule has 0 fully saturated rings. The summed E-state index contributed by atoms with van der Waals surface area (Å²) < 4.78 is 33.4.